The summed E-state index contributed by atoms with van der Waals surface area (Å²) in [7, 11) is 0.978. The summed E-state index contributed by atoms with van der Waals surface area (Å²) in [6.45, 7) is 8.93. The topological polar surface area (TPSA) is 0 Å². The van der Waals surface area contributed by atoms with Crippen LogP contribution in [-0.4, -0.2) is 6.16 Å². The van der Waals surface area contributed by atoms with Gasteiger partial charge < -0.3 is 0 Å². The van der Waals surface area contributed by atoms with Gasteiger partial charge in [-0.05, 0) is 31.2 Å². The van der Waals surface area contributed by atoms with E-state index in [-0.39, 0.29) is 17.0 Å². The maximum Gasteiger partial charge on any atom is -0.0266 e. The lowest BCUT2D eigenvalue weighted by molar-refractivity contribution is 0.749. The normalized spacial score (nSPS) is 10.9. The Balaban J connectivity index is 0.00000169. The fourth-order valence-corrected chi connectivity index (χ4v) is 2.70. The highest BCUT2D eigenvalue weighted by Gasteiger charge is 1.98. The molecule has 0 saturated heterocycles. The minimum Gasteiger partial charge on any atom is -0.114 e. The Morgan fingerprint density at radius 1 is 1.07 bits per heavy atom. The molecule has 14 heavy (non-hydrogen) atoms. The van der Waals surface area contributed by atoms with Gasteiger partial charge >= 0.3 is 0 Å². The van der Waals surface area contributed by atoms with E-state index < -0.39 is 0 Å². The van der Waals surface area contributed by atoms with Gasteiger partial charge in [0.25, 0.3) is 0 Å². The van der Waals surface area contributed by atoms with Gasteiger partial charge in [-0.15, -0.1) is 17.0 Å². The van der Waals surface area contributed by atoms with Crippen molar-refractivity contribution in [2.24, 2.45) is 5.92 Å². The van der Waals surface area contributed by atoms with Crippen molar-refractivity contribution in [2.75, 3.05) is 6.16 Å². The van der Waals surface area contributed by atoms with Gasteiger partial charge in [0.05, 0.1) is 0 Å². The van der Waals surface area contributed by atoms with Crippen molar-refractivity contribution >= 4 is 30.9 Å². The van der Waals surface area contributed by atoms with Crippen molar-refractivity contribution < 1.29 is 0 Å². The number of benzene rings is 1. The van der Waals surface area contributed by atoms with E-state index in [9.17, 15) is 0 Å². The minimum absolute atomic E-state index is 0. The van der Waals surface area contributed by atoms with E-state index in [0.717, 1.165) is 14.5 Å². The molecular weight excluding hydrogens is 255 g/mol. The molecule has 2 heteroatoms. The summed E-state index contributed by atoms with van der Waals surface area (Å²) in [5.74, 6) is 0.819. The second kappa shape index (κ2) is 6.58. The highest BCUT2D eigenvalue weighted by atomic mass is 79.9. The maximum atomic E-state index is 2.31. The van der Waals surface area contributed by atoms with E-state index >= 15 is 0 Å². The molecule has 0 radical (unpaired) electrons. The van der Waals surface area contributed by atoms with Crippen LogP contribution in [0.4, 0.5) is 0 Å². The molecule has 0 amide bonds. The first-order chi connectivity index (χ1) is 6.08. The third-order valence-electron chi connectivity index (χ3n) is 1.94. The van der Waals surface area contributed by atoms with Crippen LogP contribution in [0.3, 0.4) is 0 Å². The quantitative estimate of drug-likeness (QED) is 0.735. The van der Waals surface area contributed by atoms with Crippen LogP contribution >= 0.6 is 25.6 Å². The average Bonchev–Trinajstić information content (AvgIpc) is 1.99. The van der Waals surface area contributed by atoms with E-state index in [1.165, 1.54) is 22.6 Å². The smallest absolute Gasteiger partial charge is 0.0266 e. The molecule has 0 spiro atoms. The molecule has 0 aliphatic heterocycles. The molecule has 1 rings (SSSR count). The molecule has 1 unspecified atom stereocenters. The van der Waals surface area contributed by atoms with Gasteiger partial charge in [-0.25, -0.2) is 0 Å². The second-order valence-corrected chi connectivity index (χ2v) is 5.49. The molecule has 0 aliphatic carbocycles. The minimum atomic E-state index is 0. The monoisotopic (exact) mass is 274 g/mol. The first kappa shape index (κ1) is 14.1. The molecule has 0 heterocycles. The van der Waals surface area contributed by atoms with Crippen LogP contribution in [0.2, 0.25) is 0 Å². The molecule has 0 bridgehead atoms. The first-order valence-electron chi connectivity index (χ1n) is 4.90. The largest absolute Gasteiger partial charge is 0.114 e. The Bertz CT molecular complexity index is 261. The highest BCUT2D eigenvalue weighted by Crippen LogP contribution is 2.16. The van der Waals surface area contributed by atoms with Crippen molar-refractivity contribution in [1.29, 1.82) is 0 Å². The van der Waals surface area contributed by atoms with Gasteiger partial charge in [0.2, 0.25) is 0 Å². The Kier molecular flexibility index (Phi) is 6.64. The zero-order valence-electron chi connectivity index (χ0n) is 9.42. The van der Waals surface area contributed by atoms with Crippen molar-refractivity contribution in [3.8, 4) is 0 Å². The molecule has 1 atom stereocenters. The van der Waals surface area contributed by atoms with Crippen LogP contribution in [0, 0.1) is 19.8 Å². The van der Waals surface area contributed by atoms with Crippen LogP contribution in [-0.2, 0) is 0 Å². The van der Waals surface area contributed by atoms with Crippen LogP contribution in [0.1, 0.15) is 25.0 Å². The lowest BCUT2D eigenvalue weighted by Gasteiger charge is -2.07. The van der Waals surface area contributed by atoms with Gasteiger partial charge in [0.1, 0.15) is 0 Å². The average molecular weight is 275 g/mol. The zero-order chi connectivity index (χ0) is 9.84. The molecule has 0 nitrogen and oxygen atoms in total. The molecule has 1 aromatic carbocycles. The van der Waals surface area contributed by atoms with Gasteiger partial charge in [-0.3, -0.25) is 0 Å². The highest BCUT2D eigenvalue weighted by molar-refractivity contribution is 8.93. The molecule has 0 N–H and O–H groups in total. The molecule has 0 fully saturated rings. The molecule has 80 valence electrons. The van der Waals surface area contributed by atoms with E-state index in [4.69, 9.17) is 0 Å². The molecule has 0 aromatic heterocycles. The Morgan fingerprint density at radius 3 is 2.00 bits per heavy atom. The van der Waals surface area contributed by atoms with Gasteiger partial charge in [0, 0.05) is 0 Å². The lowest BCUT2D eigenvalue weighted by atomic mass is 10.2. The maximum absolute atomic E-state index is 2.31. The Hall–Kier alpha value is 0.130. The summed E-state index contributed by atoms with van der Waals surface area (Å²) in [5, 5.41) is 1.52. The predicted octanol–water partition coefficient (Wildman–Crippen LogP) is 3.84. The summed E-state index contributed by atoms with van der Waals surface area (Å²) in [6, 6.07) is 6.87. The van der Waals surface area contributed by atoms with Crippen LogP contribution in [0.25, 0.3) is 0 Å². The zero-order valence-corrected chi connectivity index (χ0v) is 12.1. The number of hydrogen-bond donors (Lipinski definition) is 0. The molecule has 1 aromatic rings. The number of halogens is 1. The second-order valence-electron chi connectivity index (χ2n) is 4.15. The van der Waals surface area contributed by atoms with E-state index in [2.05, 4.69) is 45.9 Å². The third-order valence-corrected chi connectivity index (χ3v) is 3.65. The third kappa shape index (κ3) is 5.12. The van der Waals surface area contributed by atoms with E-state index in [0.29, 0.717) is 0 Å². The summed E-state index contributed by atoms with van der Waals surface area (Å²) < 4.78 is 0. The van der Waals surface area contributed by atoms with Crippen molar-refractivity contribution in [1.82, 2.24) is 0 Å². The van der Waals surface area contributed by atoms with E-state index in [1.807, 2.05) is 0 Å². The molecule has 0 saturated carbocycles. The van der Waals surface area contributed by atoms with Gasteiger partial charge in [-0.1, -0.05) is 51.8 Å². The van der Waals surface area contributed by atoms with Crippen molar-refractivity contribution in [2.45, 2.75) is 27.7 Å². The fourth-order valence-electron chi connectivity index (χ4n) is 1.40. The Morgan fingerprint density at radius 2 is 1.57 bits per heavy atom. The Labute approximate surface area is 100 Å². The summed E-state index contributed by atoms with van der Waals surface area (Å²) >= 11 is 0. The summed E-state index contributed by atoms with van der Waals surface area (Å²) in [6.07, 6.45) is 1.32. The first-order valence-corrected chi connectivity index (χ1v) is 6.11. The van der Waals surface area contributed by atoms with Gasteiger partial charge in [0.15, 0.2) is 0 Å². The summed E-state index contributed by atoms with van der Waals surface area (Å²) in [5.41, 5.74) is 2.79. The van der Waals surface area contributed by atoms with Crippen LogP contribution < -0.4 is 5.30 Å². The SMILES string of the molecule is Br.Cc1cc(C)cc(PCC(C)C)c1. The molecular formula is C12H20BrP. The number of rotatable bonds is 3. The summed E-state index contributed by atoms with van der Waals surface area (Å²) in [4.78, 5) is 0. The van der Waals surface area contributed by atoms with Crippen LogP contribution in [0.5, 0.6) is 0 Å². The van der Waals surface area contributed by atoms with Crippen LogP contribution in [0.15, 0.2) is 18.2 Å². The number of aryl methyl sites for hydroxylation is 2. The predicted molar refractivity (Wildman–Crippen MR) is 73.9 cm³/mol. The standard InChI is InChI=1S/C12H19P.BrH/c1-9(2)8-13-12-6-10(3)5-11(4)7-12;/h5-7,9,13H,8H2,1-4H3;1H. The van der Waals surface area contributed by atoms with Crippen molar-refractivity contribution in [3.05, 3.63) is 29.3 Å². The van der Waals surface area contributed by atoms with Crippen molar-refractivity contribution in [3.63, 3.8) is 0 Å². The fraction of sp³-hybridized carbons (Fsp3) is 0.500. The number of hydrogen-bond acceptors (Lipinski definition) is 0. The van der Waals surface area contributed by atoms with E-state index in [1.54, 1.807) is 0 Å². The lowest BCUT2D eigenvalue weighted by Crippen LogP contribution is -2.00. The molecule has 0 aliphatic rings. The van der Waals surface area contributed by atoms with Gasteiger partial charge in [-0.2, -0.15) is 0 Å².